The molecule has 4 heteroatoms. The molecule has 0 radical (unpaired) electrons. The van der Waals surface area contributed by atoms with Gasteiger partial charge < -0.3 is 9.84 Å². The van der Waals surface area contributed by atoms with Crippen LogP contribution in [0.3, 0.4) is 0 Å². The Kier molecular flexibility index (Phi) is 4.26. The molecule has 1 aromatic heterocycles. The van der Waals surface area contributed by atoms with Crippen molar-refractivity contribution >= 4 is 5.97 Å². The number of carbonyl (C=O) groups is 1. The lowest BCUT2D eigenvalue weighted by molar-refractivity contribution is 0.0696. The molecule has 0 atom stereocenters. The molecule has 110 valence electrons. The lowest BCUT2D eigenvalue weighted by Crippen LogP contribution is -2.13. The van der Waals surface area contributed by atoms with Gasteiger partial charge in [-0.25, -0.2) is 4.79 Å². The van der Waals surface area contributed by atoms with Crippen molar-refractivity contribution in [2.75, 3.05) is 0 Å². The number of aromatic carboxylic acids is 1. The molecular formula is C17H19NO3. The van der Waals surface area contributed by atoms with Crippen LogP contribution in [-0.2, 0) is 12.0 Å². The van der Waals surface area contributed by atoms with Gasteiger partial charge in [-0.15, -0.1) is 0 Å². The standard InChI is InChI=1S/C17H19NO3/c1-17(2,3)14-6-4-5-7-15(14)21-11-13-9-8-12(10-18-13)16(19)20/h4-10H,11H2,1-3H3,(H,19,20). The number of carboxylic acid groups (broad SMARTS) is 1. The Balaban J connectivity index is 2.12. The first kappa shape index (κ1) is 15.0. The zero-order chi connectivity index (χ0) is 15.5. The Morgan fingerprint density at radius 3 is 2.48 bits per heavy atom. The van der Waals surface area contributed by atoms with E-state index in [9.17, 15) is 4.79 Å². The van der Waals surface area contributed by atoms with Gasteiger partial charge >= 0.3 is 5.97 Å². The van der Waals surface area contributed by atoms with Gasteiger partial charge in [0.1, 0.15) is 12.4 Å². The van der Waals surface area contributed by atoms with Crippen LogP contribution in [0.15, 0.2) is 42.6 Å². The normalized spacial score (nSPS) is 11.2. The van der Waals surface area contributed by atoms with Gasteiger partial charge in [-0.3, -0.25) is 4.98 Å². The van der Waals surface area contributed by atoms with E-state index >= 15 is 0 Å². The third-order valence-corrected chi connectivity index (χ3v) is 3.14. The topological polar surface area (TPSA) is 59.4 Å². The van der Waals surface area contributed by atoms with Crippen molar-refractivity contribution in [1.29, 1.82) is 0 Å². The fourth-order valence-electron chi connectivity index (χ4n) is 2.00. The molecule has 2 aromatic rings. The Bertz CT molecular complexity index is 627. The molecule has 1 N–H and O–H groups in total. The van der Waals surface area contributed by atoms with Crippen LogP contribution in [0.2, 0.25) is 0 Å². The van der Waals surface area contributed by atoms with Gasteiger partial charge in [-0.1, -0.05) is 39.0 Å². The summed E-state index contributed by atoms with van der Waals surface area (Å²) < 4.78 is 5.84. The quantitative estimate of drug-likeness (QED) is 0.931. The second-order valence-electron chi connectivity index (χ2n) is 5.88. The first-order valence-electron chi connectivity index (χ1n) is 6.78. The van der Waals surface area contributed by atoms with Crippen molar-refractivity contribution in [2.45, 2.75) is 32.8 Å². The molecular weight excluding hydrogens is 266 g/mol. The summed E-state index contributed by atoms with van der Waals surface area (Å²) in [7, 11) is 0. The first-order chi connectivity index (χ1) is 9.88. The lowest BCUT2D eigenvalue weighted by atomic mass is 9.86. The third kappa shape index (κ3) is 3.81. The van der Waals surface area contributed by atoms with Gasteiger partial charge in [0, 0.05) is 6.20 Å². The number of ether oxygens (including phenoxy) is 1. The number of rotatable bonds is 4. The zero-order valence-corrected chi connectivity index (χ0v) is 12.5. The van der Waals surface area contributed by atoms with E-state index in [0.717, 1.165) is 11.3 Å². The van der Waals surface area contributed by atoms with Gasteiger partial charge in [-0.05, 0) is 29.2 Å². The Hall–Kier alpha value is -2.36. The number of hydrogen-bond acceptors (Lipinski definition) is 3. The highest BCUT2D eigenvalue weighted by molar-refractivity contribution is 5.87. The average molecular weight is 285 g/mol. The average Bonchev–Trinajstić information content (AvgIpc) is 2.45. The van der Waals surface area contributed by atoms with E-state index in [1.807, 2.05) is 18.2 Å². The summed E-state index contributed by atoms with van der Waals surface area (Å²) in [6, 6.07) is 11.1. The van der Waals surface area contributed by atoms with Crippen molar-refractivity contribution in [3.63, 3.8) is 0 Å². The number of aromatic nitrogens is 1. The molecule has 0 saturated heterocycles. The van der Waals surface area contributed by atoms with Crippen LogP contribution in [0.1, 0.15) is 42.4 Å². The van der Waals surface area contributed by atoms with Crippen LogP contribution < -0.4 is 4.74 Å². The molecule has 1 heterocycles. The Morgan fingerprint density at radius 1 is 1.19 bits per heavy atom. The van der Waals surface area contributed by atoms with Crippen LogP contribution in [-0.4, -0.2) is 16.1 Å². The van der Waals surface area contributed by atoms with Gasteiger partial charge in [0.2, 0.25) is 0 Å². The molecule has 0 aliphatic carbocycles. The van der Waals surface area contributed by atoms with Crippen molar-refractivity contribution in [3.05, 3.63) is 59.4 Å². The smallest absolute Gasteiger partial charge is 0.337 e. The highest BCUT2D eigenvalue weighted by Gasteiger charge is 2.18. The Labute approximate surface area is 124 Å². The molecule has 0 spiro atoms. The summed E-state index contributed by atoms with van der Waals surface area (Å²) in [5.74, 6) is -0.151. The minimum absolute atomic E-state index is 0.00279. The van der Waals surface area contributed by atoms with E-state index in [1.165, 1.54) is 12.3 Å². The van der Waals surface area contributed by atoms with Gasteiger partial charge in [0.25, 0.3) is 0 Å². The van der Waals surface area contributed by atoms with E-state index < -0.39 is 5.97 Å². The van der Waals surface area contributed by atoms with Crippen molar-refractivity contribution < 1.29 is 14.6 Å². The molecule has 0 bridgehead atoms. The summed E-state index contributed by atoms with van der Waals surface area (Å²) >= 11 is 0. The van der Waals surface area contributed by atoms with Crippen molar-refractivity contribution in [2.24, 2.45) is 0 Å². The monoisotopic (exact) mass is 285 g/mol. The van der Waals surface area contributed by atoms with E-state index in [1.54, 1.807) is 6.07 Å². The SMILES string of the molecule is CC(C)(C)c1ccccc1OCc1ccc(C(=O)O)cn1. The minimum Gasteiger partial charge on any atom is -0.487 e. The van der Waals surface area contributed by atoms with Crippen LogP contribution in [0.4, 0.5) is 0 Å². The predicted molar refractivity (Wildman–Crippen MR) is 80.7 cm³/mol. The zero-order valence-electron chi connectivity index (χ0n) is 12.5. The van der Waals surface area contributed by atoms with Gasteiger partial charge in [0.15, 0.2) is 0 Å². The number of pyridine rings is 1. The van der Waals surface area contributed by atoms with Crippen LogP contribution in [0.25, 0.3) is 0 Å². The number of nitrogens with zero attached hydrogens (tertiary/aromatic N) is 1. The maximum atomic E-state index is 10.8. The molecule has 21 heavy (non-hydrogen) atoms. The minimum atomic E-state index is -0.979. The summed E-state index contributed by atoms with van der Waals surface area (Å²) in [6.07, 6.45) is 1.34. The molecule has 2 rings (SSSR count). The summed E-state index contributed by atoms with van der Waals surface area (Å²) in [5, 5.41) is 8.84. The van der Waals surface area contributed by atoms with E-state index in [0.29, 0.717) is 12.3 Å². The van der Waals surface area contributed by atoms with Gasteiger partial charge in [-0.2, -0.15) is 0 Å². The maximum absolute atomic E-state index is 10.8. The fraction of sp³-hybridized carbons (Fsp3) is 0.294. The van der Waals surface area contributed by atoms with Crippen LogP contribution >= 0.6 is 0 Å². The summed E-state index contributed by atoms with van der Waals surface area (Å²) in [4.78, 5) is 14.9. The van der Waals surface area contributed by atoms with E-state index in [-0.39, 0.29) is 11.0 Å². The number of benzene rings is 1. The highest BCUT2D eigenvalue weighted by Crippen LogP contribution is 2.31. The molecule has 0 fully saturated rings. The maximum Gasteiger partial charge on any atom is 0.337 e. The number of hydrogen-bond donors (Lipinski definition) is 1. The summed E-state index contributed by atoms with van der Waals surface area (Å²) in [5.41, 5.74) is 2.00. The lowest BCUT2D eigenvalue weighted by Gasteiger charge is -2.22. The van der Waals surface area contributed by atoms with Crippen molar-refractivity contribution in [1.82, 2.24) is 4.98 Å². The molecule has 0 aliphatic rings. The largest absolute Gasteiger partial charge is 0.487 e. The third-order valence-electron chi connectivity index (χ3n) is 3.14. The second-order valence-corrected chi connectivity index (χ2v) is 5.88. The molecule has 4 nitrogen and oxygen atoms in total. The van der Waals surface area contributed by atoms with Crippen LogP contribution in [0.5, 0.6) is 5.75 Å². The highest BCUT2D eigenvalue weighted by atomic mass is 16.5. The Morgan fingerprint density at radius 2 is 1.90 bits per heavy atom. The number of para-hydroxylation sites is 1. The fourth-order valence-corrected chi connectivity index (χ4v) is 2.00. The number of carboxylic acids is 1. The van der Waals surface area contributed by atoms with Crippen molar-refractivity contribution in [3.8, 4) is 5.75 Å². The molecule has 0 aliphatic heterocycles. The molecule has 0 unspecified atom stereocenters. The summed E-state index contributed by atoms with van der Waals surface area (Å²) in [6.45, 7) is 6.71. The van der Waals surface area contributed by atoms with Crippen LogP contribution in [0, 0.1) is 0 Å². The molecule has 0 saturated carbocycles. The first-order valence-corrected chi connectivity index (χ1v) is 6.78. The second kappa shape index (κ2) is 5.95. The van der Waals surface area contributed by atoms with Gasteiger partial charge in [0.05, 0.1) is 11.3 Å². The molecule has 1 aromatic carbocycles. The van der Waals surface area contributed by atoms with E-state index in [4.69, 9.17) is 9.84 Å². The van der Waals surface area contributed by atoms with E-state index in [2.05, 4.69) is 31.8 Å². The molecule has 0 amide bonds. The predicted octanol–water partition coefficient (Wildman–Crippen LogP) is 3.66.